The Hall–Kier alpha value is -2.07. The van der Waals surface area contributed by atoms with E-state index >= 15 is 0 Å². The maximum absolute atomic E-state index is 12.2. The van der Waals surface area contributed by atoms with Gasteiger partial charge in [-0.3, -0.25) is 4.79 Å². The summed E-state index contributed by atoms with van der Waals surface area (Å²) in [5.74, 6) is 0.0371. The van der Waals surface area contributed by atoms with Crippen LogP contribution in [0.15, 0.2) is 36.4 Å². The first-order valence-corrected chi connectivity index (χ1v) is 6.31. The molecule has 2 N–H and O–H groups in total. The van der Waals surface area contributed by atoms with Gasteiger partial charge >= 0.3 is 0 Å². The fourth-order valence-electron chi connectivity index (χ4n) is 2.45. The van der Waals surface area contributed by atoms with Gasteiger partial charge in [0.05, 0.1) is 5.56 Å². The Bertz CT molecular complexity index is 632. The number of fused-ring (bicyclic) bond motifs is 1. The van der Waals surface area contributed by atoms with Gasteiger partial charge < -0.3 is 15.1 Å². The summed E-state index contributed by atoms with van der Waals surface area (Å²) in [6.45, 7) is 1.22. The molecule has 0 aromatic heterocycles. The van der Waals surface area contributed by atoms with Crippen molar-refractivity contribution in [2.24, 2.45) is 5.92 Å². The summed E-state index contributed by atoms with van der Waals surface area (Å²) in [6.07, 6.45) is 0. The molecule has 3 rings (SSSR count). The van der Waals surface area contributed by atoms with Gasteiger partial charge in [0.15, 0.2) is 0 Å². The zero-order valence-corrected chi connectivity index (χ0v) is 10.4. The molecule has 2 aromatic rings. The van der Waals surface area contributed by atoms with Crippen LogP contribution in [0.5, 0.6) is 5.75 Å². The number of carbonyl (C=O) groups is 1. The first kappa shape index (κ1) is 12.0. The molecule has 0 aliphatic carbocycles. The van der Waals surface area contributed by atoms with Crippen LogP contribution in [0.4, 0.5) is 0 Å². The molecule has 1 fully saturated rings. The second-order valence-electron chi connectivity index (χ2n) is 4.94. The van der Waals surface area contributed by atoms with Gasteiger partial charge in [0.2, 0.25) is 0 Å². The van der Waals surface area contributed by atoms with Gasteiger partial charge in [0.25, 0.3) is 5.91 Å². The number of hydrogen-bond donors (Lipinski definition) is 2. The van der Waals surface area contributed by atoms with E-state index in [-0.39, 0.29) is 24.2 Å². The third kappa shape index (κ3) is 1.94. The molecule has 1 heterocycles. The highest BCUT2D eigenvalue weighted by atomic mass is 16.3. The molecular formula is C15H15NO3. The standard InChI is InChI=1S/C15H15NO3/c17-9-10-7-16(8-10)15(19)13-6-5-11-3-1-2-4-12(11)14(13)18/h1-6,10,17-18H,7-9H2. The van der Waals surface area contributed by atoms with Gasteiger partial charge in [-0.15, -0.1) is 0 Å². The molecule has 0 bridgehead atoms. The van der Waals surface area contributed by atoms with Crippen LogP contribution < -0.4 is 0 Å². The lowest BCUT2D eigenvalue weighted by atomic mass is 9.98. The molecule has 1 aliphatic heterocycles. The predicted octanol–water partition coefficient (Wildman–Crippen LogP) is 1.61. The molecule has 0 spiro atoms. The molecule has 19 heavy (non-hydrogen) atoms. The molecule has 98 valence electrons. The maximum Gasteiger partial charge on any atom is 0.257 e. The van der Waals surface area contributed by atoms with Crippen LogP contribution in [0.1, 0.15) is 10.4 Å². The van der Waals surface area contributed by atoms with Crippen molar-refractivity contribution in [1.29, 1.82) is 0 Å². The van der Waals surface area contributed by atoms with Crippen LogP contribution in [0.2, 0.25) is 0 Å². The largest absolute Gasteiger partial charge is 0.506 e. The molecule has 1 aliphatic rings. The Morgan fingerprint density at radius 3 is 2.68 bits per heavy atom. The minimum atomic E-state index is -0.173. The average Bonchev–Trinajstić information content (AvgIpc) is 2.38. The molecule has 1 amide bonds. The maximum atomic E-state index is 12.2. The third-order valence-electron chi connectivity index (χ3n) is 3.63. The van der Waals surface area contributed by atoms with Gasteiger partial charge in [-0.05, 0) is 11.5 Å². The Morgan fingerprint density at radius 2 is 1.95 bits per heavy atom. The van der Waals surface area contributed by atoms with E-state index in [9.17, 15) is 9.90 Å². The molecule has 1 saturated heterocycles. The van der Waals surface area contributed by atoms with Crippen LogP contribution >= 0.6 is 0 Å². The van der Waals surface area contributed by atoms with Crippen LogP contribution in [-0.2, 0) is 0 Å². The third-order valence-corrected chi connectivity index (χ3v) is 3.63. The minimum absolute atomic E-state index is 0.0375. The molecule has 0 atom stereocenters. The van der Waals surface area contributed by atoms with Crippen molar-refractivity contribution < 1.29 is 15.0 Å². The van der Waals surface area contributed by atoms with Gasteiger partial charge in [-0.2, -0.15) is 0 Å². The number of aliphatic hydroxyl groups excluding tert-OH is 1. The first-order valence-electron chi connectivity index (χ1n) is 6.31. The highest BCUT2D eigenvalue weighted by Crippen LogP contribution is 2.30. The first-order chi connectivity index (χ1) is 9.20. The van der Waals surface area contributed by atoms with Crippen LogP contribution in [0.25, 0.3) is 10.8 Å². The number of carbonyl (C=O) groups excluding carboxylic acids is 1. The lowest BCUT2D eigenvalue weighted by molar-refractivity contribution is 0.0360. The lowest BCUT2D eigenvalue weighted by Crippen LogP contribution is -2.51. The Kier molecular flexibility index (Phi) is 2.87. The quantitative estimate of drug-likeness (QED) is 0.859. The van der Waals surface area contributed by atoms with E-state index in [0.29, 0.717) is 24.0 Å². The van der Waals surface area contributed by atoms with E-state index in [2.05, 4.69) is 0 Å². The van der Waals surface area contributed by atoms with E-state index in [1.165, 1.54) is 0 Å². The van der Waals surface area contributed by atoms with Crippen LogP contribution in [-0.4, -0.2) is 40.7 Å². The van der Waals surface area contributed by atoms with Crippen molar-refractivity contribution in [3.8, 4) is 5.75 Å². The number of amides is 1. The molecule has 2 aromatic carbocycles. The van der Waals surface area contributed by atoms with Crippen LogP contribution in [0, 0.1) is 5.92 Å². The number of hydrogen-bond acceptors (Lipinski definition) is 3. The van der Waals surface area contributed by atoms with Crippen molar-refractivity contribution in [3.05, 3.63) is 42.0 Å². The van der Waals surface area contributed by atoms with Gasteiger partial charge in [-0.1, -0.05) is 30.3 Å². The normalized spacial score (nSPS) is 15.5. The zero-order chi connectivity index (χ0) is 13.4. The zero-order valence-electron chi connectivity index (χ0n) is 10.4. The van der Waals surface area contributed by atoms with Crippen LogP contribution in [0.3, 0.4) is 0 Å². The van der Waals surface area contributed by atoms with E-state index in [0.717, 1.165) is 5.39 Å². The van der Waals surface area contributed by atoms with Crippen molar-refractivity contribution in [2.45, 2.75) is 0 Å². The lowest BCUT2D eigenvalue weighted by Gasteiger charge is -2.38. The number of aromatic hydroxyl groups is 1. The topological polar surface area (TPSA) is 60.8 Å². The molecule has 0 saturated carbocycles. The summed E-state index contributed by atoms with van der Waals surface area (Å²) in [5.41, 5.74) is 0.329. The van der Waals surface area contributed by atoms with Crippen molar-refractivity contribution in [2.75, 3.05) is 19.7 Å². The molecule has 4 nitrogen and oxygen atoms in total. The van der Waals surface area contributed by atoms with E-state index in [4.69, 9.17) is 5.11 Å². The van der Waals surface area contributed by atoms with Gasteiger partial charge in [-0.25, -0.2) is 0 Å². The molecule has 0 unspecified atom stereocenters. The smallest absolute Gasteiger partial charge is 0.257 e. The average molecular weight is 257 g/mol. The fourth-order valence-corrected chi connectivity index (χ4v) is 2.45. The highest BCUT2D eigenvalue weighted by molar-refractivity contribution is 6.03. The van der Waals surface area contributed by atoms with Crippen molar-refractivity contribution in [3.63, 3.8) is 0 Å². The highest BCUT2D eigenvalue weighted by Gasteiger charge is 2.31. The molecule has 4 heteroatoms. The second-order valence-corrected chi connectivity index (χ2v) is 4.94. The van der Waals surface area contributed by atoms with E-state index < -0.39 is 0 Å². The predicted molar refractivity (Wildman–Crippen MR) is 72.1 cm³/mol. The summed E-state index contributed by atoms with van der Waals surface area (Å²) in [4.78, 5) is 13.9. The fraction of sp³-hybridized carbons (Fsp3) is 0.267. The number of phenolic OH excluding ortho intramolecular Hbond substituents is 1. The number of rotatable bonds is 2. The number of nitrogens with zero attached hydrogens (tertiary/aromatic N) is 1. The van der Waals surface area contributed by atoms with E-state index in [1.807, 2.05) is 24.3 Å². The number of likely N-dealkylation sites (tertiary alicyclic amines) is 1. The van der Waals surface area contributed by atoms with Crippen molar-refractivity contribution in [1.82, 2.24) is 4.90 Å². The van der Waals surface area contributed by atoms with Gasteiger partial charge in [0, 0.05) is 31.0 Å². The Morgan fingerprint density at radius 1 is 1.21 bits per heavy atom. The second kappa shape index (κ2) is 4.55. The number of aliphatic hydroxyl groups is 1. The number of phenols is 1. The van der Waals surface area contributed by atoms with Crippen molar-refractivity contribution >= 4 is 16.7 Å². The minimum Gasteiger partial charge on any atom is -0.506 e. The van der Waals surface area contributed by atoms with Gasteiger partial charge in [0.1, 0.15) is 5.75 Å². The Labute approximate surface area is 110 Å². The summed E-state index contributed by atoms with van der Waals surface area (Å²) >= 11 is 0. The SMILES string of the molecule is O=C(c1ccc2ccccc2c1O)N1CC(CO)C1. The molecular weight excluding hydrogens is 242 g/mol. The monoisotopic (exact) mass is 257 g/mol. The summed E-state index contributed by atoms with van der Waals surface area (Å²) in [5, 5.41) is 20.8. The number of benzene rings is 2. The summed E-state index contributed by atoms with van der Waals surface area (Å²) < 4.78 is 0. The Balaban J connectivity index is 1.93. The van der Waals surface area contributed by atoms with E-state index in [1.54, 1.807) is 17.0 Å². The molecule has 0 radical (unpaired) electrons. The summed E-state index contributed by atoms with van der Waals surface area (Å²) in [7, 11) is 0. The summed E-state index contributed by atoms with van der Waals surface area (Å²) in [6, 6.07) is 10.9.